The zero-order valence-corrected chi connectivity index (χ0v) is 13.5. The number of sulfonamides is 1. The van der Waals surface area contributed by atoms with Crippen molar-refractivity contribution in [2.75, 3.05) is 4.72 Å². The number of benzene rings is 1. The van der Waals surface area contributed by atoms with E-state index in [2.05, 4.69) is 25.8 Å². The third-order valence-corrected chi connectivity index (χ3v) is 5.12. The lowest BCUT2D eigenvalue weighted by atomic mass is 10.3. The normalized spacial score (nSPS) is 11.7. The molecule has 0 aliphatic heterocycles. The third-order valence-electron chi connectivity index (χ3n) is 2.88. The van der Waals surface area contributed by atoms with Crippen LogP contribution in [0.15, 0.2) is 27.6 Å². The molecule has 0 fully saturated rings. The standard InChI is InChI=1S/C12H13BrFN3O2S/c1-7-12(8(2)17(3)15-7)20(18,19)16-9-4-5-11(14)10(13)6-9/h4-6,16H,1-3H3. The summed E-state index contributed by atoms with van der Waals surface area (Å²) in [5.41, 5.74) is 1.23. The number of hydrogen-bond acceptors (Lipinski definition) is 3. The van der Waals surface area contributed by atoms with E-state index in [9.17, 15) is 12.8 Å². The molecule has 0 saturated heterocycles. The van der Waals surface area contributed by atoms with Crippen molar-refractivity contribution in [1.29, 1.82) is 0 Å². The van der Waals surface area contributed by atoms with E-state index in [1.54, 1.807) is 20.9 Å². The highest BCUT2D eigenvalue weighted by molar-refractivity contribution is 9.10. The molecule has 0 spiro atoms. The summed E-state index contributed by atoms with van der Waals surface area (Å²) in [6.45, 7) is 3.30. The number of aromatic nitrogens is 2. The molecule has 0 saturated carbocycles. The zero-order chi connectivity index (χ0) is 15.1. The highest BCUT2D eigenvalue weighted by Gasteiger charge is 2.24. The van der Waals surface area contributed by atoms with Gasteiger partial charge in [0.15, 0.2) is 0 Å². The van der Waals surface area contributed by atoms with Crippen LogP contribution in [0.2, 0.25) is 0 Å². The van der Waals surface area contributed by atoms with Crippen molar-refractivity contribution in [1.82, 2.24) is 9.78 Å². The lowest BCUT2D eigenvalue weighted by molar-refractivity contribution is 0.599. The van der Waals surface area contributed by atoms with Crippen molar-refractivity contribution in [3.63, 3.8) is 0 Å². The van der Waals surface area contributed by atoms with Crippen LogP contribution in [0, 0.1) is 19.7 Å². The monoisotopic (exact) mass is 361 g/mol. The third kappa shape index (κ3) is 2.71. The largest absolute Gasteiger partial charge is 0.279 e. The van der Waals surface area contributed by atoms with E-state index in [-0.39, 0.29) is 15.1 Å². The van der Waals surface area contributed by atoms with Crippen molar-refractivity contribution in [3.05, 3.63) is 39.9 Å². The first-order valence-corrected chi connectivity index (χ1v) is 7.98. The number of halogens is 2. The fourth-order valence-electron chi connectivity index (χ4n) is 1.91. The Labute approximate surface area is 125 Å². The van der Waals surface area contributed by atoms with Gasteiger partial charge in [-0.3, -0.25) is 9.40 Å². The van der Waals surface area contributed by atoms with E-state index in [4.69, 9.17) is 0 Å². The summed E-state index contributed by atoms with van der Waals surface area (Å²) in [7, 11) is -2.08. The maximum atomic E-state index is 13.1. The fourth-order valence-corrected chi connectivity index (χ4v) is 3.78. The van der Waals surface area contributed by atoms with Gasteiger partial charge in [0.05, 0.1) is 21.5 Å². The van der Waals surface area contributed by atoms with Gasteiger partial charge >= 0.3 is 0 Å². The first-order chi connectivity index (χ1) is 9.22. The van der Waals surface area contributed by atoms with Crippen LogP contribution >= 0.6 is 15.9 Å². The van der Waals surface area contributed by atoms with Crippen molar-refractivity contribution < 1.29 is 12.8 Å². The Morgan fingerprint density at radius 1 is 1.35 bits per heavy atom. The van der Waals surface area contributed by atoms with Crippen LogP contribution in [0.25, 0.3) is 0 Å². The van der Waals surface area contributed by atoms with Crippen molar-refractivity contribution in [2.45, 2.75) is 18.7 Å². The van der Waals surface area contributed by atoms with Gasteiger partial charge in [0.2, 0.25) is 0 Å². The maximum Gasteiger partial charge on any atom is 0.265 e. The van der Waals surface area contributed by atoms with Crippen LogP contribution in [0.1, 0.15) is 11.4 Å². The van der Waals surface area contributed by atoms with Gasteiger partial charge in [0.25, 0.3) is 10.0 Å². The lowest BCUT2D eigenvalue weighted by Crippen LogP contribution is -2.15. The lowest BCUT2D eigenvalue weighted by Gasteiger charge is -2.09. The van der Waals surface area contributed by atoms with E-state index < -0.39 is 15.8 Å². The van der Waals surface area contributed by atoms with Gasteiger partial charge in [-0.25, -0.2) is 12.8 Å². The molecule has 0 aliphatic carbocycles. The van der Waals surface area contributed by atoms with E-state index in [0.29, 0.717) is 11.4 Å². The predicted octanol–water partition coefficient (Wildman–Crippen LogP) is 2.74. The number of nitrogens with zero attached hydrogens (tertiary/aromatic N) is 2. The second kappa shape index (κ2) is 5.17. The van der Waals surface area contributed by atoms with Crippen molar-refractivity contribution in [2.24, 2.45) is 7.05 Å². The molecule has 0 radical (unpaired) electrons. The molecule has 1 heterocycles. The van der Waals surface area contributed by atoms with Gasteiger partial charge in [0, 0.05) is 7.05 Å². The molecule has 20 heavy (non-hydrogen) atoms. The minimum Gasteiger partial charge on any atom is -0.279 e. The Hall–Kier alpha value is -1.41. The Morgan fingerprint density at radius 2 is 2.00 bits per heavy atom. The minimum absolute atomic E-state index is 0.139. The highest BCUT2D eigenvalue weighted by atomic mass is 79.9. The summed E-state index contributed by atoms with van der Waals surface area (Å²) in [6.07, 6.45) is 0. The summed E-state index contributed by atoms with van der Waals surface area (Å²) >= 11 is 3.02. The van der Waals surface area contributed by atoms with Crippen LogP contribution in [0.5, 0.6) is 0 Å². The second-order valence-electron chi connectivity index (χ2n) is 4.36. The van der Waals surface area contributed by atoms with Gasteiger partial charge in [-0.05, 0) is 48.0 Å². The average molecular weight is 362 g/mol. The summed E-state index contributed by atoms with van der Waals surface area (Å²) < 4.78 is 42.0. The van der Waals surface area contributed by atoms with E-state index in [1.165, 1.54) is 22.9 Å². The van der Waals surface area contributed by atoms with Crippen LogP contribution in [-0.2, 0) is 17.1 Å². The molecule has 108 valence electrons. The van der Waals surface area contributed by atoms with Crippen LogP contribution < -0.4 is 4.72 Å². The maximum absolute atomic E-state index is 13.1. The molecule has 0 amide bonds. The topological polar surface area (TPSA) is 64.0 Å². The molecule has 0 atom stereocenters. The van der Waals surface area contributed by atoms with Crippen LogP contribution in [-0.4, -0.2) is 18.2 Å². The Bertz CT molecular complexity index is 771. The molecule has 0 bridgehead atoms. The number of aryl methyl sites for hydroxylation is 2. The SMILES string of the molecule is Cc1nn(C)c(C)c1S(=O)(=O)Nc1ccc(F)c(Br)c1. The molecule has 5 nitrogen and oxygen atoms in total. The van der Waals surface area contributed by atoms with E-state index in [1.807, 2.05) is 0 Å². The zero-order valence-electron chi connectivity index (χ0n) is 11.1. The molecule has 1 aromatic carbocycles. The quantitative estimate of drug-likeness (QED) is 0.913. The summed E-state index contributed by atoms with van der Waals surface area (Å²) in [5.74, 6) is -0.457. The van der Waals surface area contributed by atoms with Crippen LogP contribution in [0.3, 0.4) is 0 Å². The molecule has 8 heteroatoms. The summed E-state index contributed by atoms with van der Waals surface area (Å²) in [4.78, 5) is 0.139. The van der Waals surface area contributed by atoms with Gasteiger partial charge in [-0.1, -0.05) is 0 Å². The molecule has 1 N–H and O–H groups in total. The first-order valence-electron chi connectivity index (χ1n) is 5.70. The Morgan fingerprint density at radius 3 is 2.50 bits per heavy atom. The van der Waals surface area contributed by atoms with Crippen molar-refractivity contribution >= 4 is 31.6 Å². The number of nitrogens with one attached hydrogen (secondary N) is 1. The number of hydrogen-bond donors (Lipinski definition) is 1. The fraction of sp³-hybridized carbons (Fsp3) is 0.250. The Kier molecular flexibility index (Phi) is 3.88. The van der Waals surface area contributed by atoms with E-state index >= 15 is 0 Å². The van der Waals surface area contributed by atoms with E-state index in [0.717, 1.165) is 0 Å². The van der Waals surface area contributed by atoms with Crippen LogP contribution in [0.4, 0.5) is 10.1 Å². The second-order valence-corrected chi connectivity index (χ2v) is 6.83. The molecule has 1 aromatic heterocycles. The summed E-state index contributed by atoms with van der Waals surface area (Å²) in [5, 5.41) is 4.08. The molecular weight excluding hydrogens is 349 g/mol. The molecule has 0 unspecified atom stereocenters. The number of rotatable bonds is 3. The van der Waals surface area contributed by atoms with Gasteiger partial charge in [0.1, 0.15) is 10.7 Å². The minimum atomic E-state index is -3.76. The molecular formula is C12H13BrFN3O2S. The molecule has 2 rings (SSSR count). The van der Waals surface area contributed by atoms with Gasteiger partial charge in [-0.15, -0.1) is 0 Å². The first kappa shape index (κ1) is 15.0. The predicted molar refractivity (Wildman–Crippen MR) is 77.6 cm³/mol. The smallest absolute Gasteiger partial charge is 0.265 e. The summed E-state index contributed by atoms with van der Waals surface area (Å²) in [6, 6.07) is 3.91. The average Bonchev–Trinajstić information content (AvgIpc) is 2.58. The highest BCUT2D eigenvalue weighted by Crippen LogP contribution is 2.25. The van der Waals surface area contributed by atoms with Gasteiger partial charge in [-0.2, -0.15) is 5.10 Å². The van der Waals surface area contributed by atoms with Gasteiger partial charge < -0.3 is 0 Å². The number of anilines is 1. The van der Waals surface area contributed by atoms with Crippen molar-refractivity contribution in [3.8, 4) is 0 Å². The molecule has 2 aromatic rings. The molecule has 0 aliphatic rings. The Balaban J connectivity index is 2.43.